The molecular formula is C30H34FNO5. The van der Waals surface area contributed by atoms with Gasteiger partial charge in [0.05, 0.1) is 19.6 Å². The molecule has 0 saturated carbocycles. The molecule has 196 valence electrons. The third-order valence-corrected chi connectivity index (χ3v) is 6.74. The van der Waals surface area contributed by atoms with Gasteiger partial charge in [-0.05, 0) is 78.5 Å². The van der Waals surface area contributed by atoms with E-state index in [2.05, 4.69) is 11.0 Å². The third kappa shape index (κ3) is 7.31. The average Bonchev–Trinajstić information content (AvgIpc) is 3.16. The normalized spacial score (nSPS) is 15.1. The van der Waals surface area contributed by atoms with Crippen LogP contribution in [0, 0.1) is 5.82 Å². The number of halogens is 1. The van der Waals surface area contributed by atoms with Crippen LogP contribution in [0.2, 0.25) is 0 Å². The smallest absolute Gasteiger partial charge is 0.306 e. The lowest BCUT2D eigenvalue weighted by atomic mass is 9.96. The van der Waals surface area contributed by atoms with Crippen molar-refractivity contribution >= 4 is 5.97 Å². The second-order valence-electron chi connectivity index (χ2n) is 9.50. The van der Waals surface area contributed by atoms with E-state index >= 15 is 0 Å². The number of rotatable bonds is 10. The number of methoxy groups -OCH3 is 1. The van der Waals surface area contributed by atoms with E-state index in [1.54, 1.807) is 43.5 Å². The molecular weight excluding hydrogens is 473 g/mol. The van der Waals surface area contributed by atoms with Crippen molar-refractivity contribution in [2.75, 3.05) is 20.2 Å². The van der Waals surface area contributed by atoms with Gasteiger partial charge in [-0.3, -0.25) is 9.69 Å². The summed E-state index contributed by atoms with van der Waals surface area (Å²) in [5.74, 6) is -0.213. The molecule has 0 radical (unpaired) electrons. The van der Waals surface area contributed by atoms with Crippen molar-refractivity contribution in [2.45, 2.75) is 51.4 Å². The Bertz CT molecular complexity index is 1210. The minimum absolute atomic E-state index is 0.284. The van der Waals surface area contributed by atoms with Crippen molar-refractivity contribution in [1.29, 1.82) is 0 Å². The van der Waals surface area contributed by atoms with Gasteiger partial charge in [0.15, 0.2) is 0 Å². The van der Waals surface area contributed by atoms with Crippen LogP contribution in [0.25, 0.3) is 11.1 Å². The first kappa shape index (κ1) is 26.6. The number of aliphatic hydroxyl groups excluding tert-OH is 1. The van der Waals surface area contributed by atoms with E-state index in [1.807, 2.05) is 12.1 Å². The molecule has 4 rings (SSSR count). The predicted octanol–water partition coefficient (Wildman–Crippen LogP) is 5.96. The molecule has 0 aliphatic carbocycles. The van der Waals surface area contributed by atoms with Gasteiger partial charge in [-0.2, -0.15) is 0 Å². The number of carbonyl (C=O) groups is 1. The maximum atomic E-state index is 14.9. The molecule has 7 heteroatoms. The van der Waals surface area contributed by atoms with Gasteiger partial charge in [0.1, 0.15) is 23.9 Å². The number of carboxylic acids is 1. The number of carboxylic acid groups (broad SMARTS) is 1. The van der Waals surface area contributed by atoms with Crippen LogP contribution in [0.5, 0.6) is 11.5 Å². The summed E-state index contributed by atoms with van der Waals surface area (Å²) >= 11 is 0. The van der Waals surface area contributed by atoms with Gasteiger partial charge in [0.2, 0.25) is 0 Å². The molecule has 0 amide bonds. The van der Waals surface area contributed by atoms with Crippen LogP contribution < -0.4 is 9.47 Å². The third-order valence-electron chi connectivity index (χ3n) is 6.74. The van der Waals surface area contributed by atoms with E-state index < -0.39 is 12.1 Å². The lowest BCUT2D eigenvalue weighted by Crippen LogP contribution is -2.24. The molecule has 0 spiro atoms. The molecule has 1 atom stereocenters. The van der Waals surface area contributed by atoms with Gasteiger partial charge in [-0.1, -0.05) is 43.2 Å². The lowest BCUT2D eigenvalue weighted by Gasteiger charge is -2.23. The zero-order valence-corrected chi connectivity index (χ0v) is 21.2. The Labute approximate surface area is 217 Å². The zero-order valence-electron chi connectivity index (χ0n) is 21.2. The topological polar surface area (TPSA) is 79.2 Å². The number of aliphatic carboxylic acids is 1. The Hall–Kier alpha value is -3.42. The number of ether oxygens (including phenoxy) is 2. The molecule has 2 N–H and O–H groups in total. The summed E-state index contributed by atoms with van der Waals surface area (Å²) in [5, 5.41) is 19.1. The molecule has 1 fully saturated rings. The molecule has 1 aliphatic rings. The summed E-state index contributed by atoms with van der Waals surface area (Å²) in [5.41, 5.74) is 3.81. The first-order valence-corrected chi connectivity index (χ1v) is 12.7. The Balaban J connectivity index is 1.58. The first-order chi connectivity index (χ1) is 17.9. The minimum atomic E-state index is -1.10. The first-order valence-electron chi connectivity index (χ1n) is 12.7. The van der Waals surface area contributed by atoms with Gasteiger partial charge in [-0.25, -0.2) is 4.39 Å². The van der Waals surface area contributed by atoms with Crippen molar-refractivity contribution < 1.29 is 28.9 Å². The van der Waals surface area contributed by atoms with Crippen molar-refractivity contribution in [1.82, 2.24) is 4.90 Å². The molecule has 0 aromatic heterocycles. The van der Waals surface area contributed by atoms with E-state index in [0.29, 0.717) is 22.6 Å². The summed E-state index contributed by atoms with van der Waals surface area (Å²) in [6.45, 7) is 3.04. The second kappa shape index (κ2) is 12.7. The van der Waals surface area contributed by atoms with Gasteiger partial charge < -0.3 is 19.7 Å². The van der Waals surface area contributed by atoms with Crippen molar-refractivity contribution in [3.63, 3.8) is 0 Å². The molecule has 0 bridgehead atoms. The van der Waals surface area contributed by atoms with Crippen LogP contribution in [-0.4, -0.2) is 41.3 Å². The monoisotopic (exact) mass is 507 g/mol. The molecule has 3 aromatic carbocycles. The van der Waals surface area contributed by atoms with Gasteiger partial charge in [0, 0.05) is 12.1 Å². The Morgan fingerprint density at radius 2 is 1.76 bits per heavy atom. The van der Waals surface area contributed by atoms with Crippen molar-refractivity contribution in [3.05, 3.63) is 83.2 Å². The highest BCUT2D eigenvalue weighted by molar-refractivity contribution is 5.70. The zero-order chi connectivity index (χ0) is 26.2. The van der Waals surface area contributed by atoms with E-state index in [9.17, 15) is 14.3 Å². The molecule has 37 heavy (non-hydrogen) atoms. The molecule has 1 heterocycles. The number of hydrogen-bond donors (Lipinski definition) is 2. The fraction of sp³-hybridized carbons (Fsp3) is 0.367. The van der Waals surface area contributed by atoms with Crippen LogP contribution in [0.4, 0.5) is 4.39 Å². The summed E-state index contributed by atoms with van der Waals surface area (Å²) in [4.78, 5) is 13.4. The maximum Gasteiger partial charge on any atom is 0.306 e. The number of nitrogens with zero attached hydrogens (tertiary/aromatic N) is 1. The summed E-state index contributed by atoms with van der Waals surface area (Å²) < 4.78 is 26.3. The van der Waals surface area contributed by atoms with E-state index in [-0.39, 0.29) is 18.8 Å². The summed E-state index contributed by atoms with van der Waals surface area (Å²) in [7, 11) is 1.57. The Morgan fingerprint density at radius 1 is 0.973 bits per heavy atom. The van der Waals surface area contributed by atoms with E-state index in [0.717, 1.165) is 49.2 Å². The van der Waals surface area contributed by atoms with Crippen LogP contribution in [0.3, 0.4) is 0 Å². The maximum absolute atomic E-state index is 14.9. The summed E-state index contributed by atoms with van der Waals surface area (Å²) in [6, 6.07) is 17.6. The number of benzene rings is 3. The number of hydrogen-bond acceptors (Lipinski definition) is 5. The lowest BCUT2D eigenvalue weighted by molar-refractivity contribution is -0.139. The molecule has 3 aromatic rings. The number of likely N-dealkylation sites (tertiary alicyclic amines) is 1. The summed E-state index contributed by atoms with van der Waals surface area (Å²) in [6.07, 6.45) is 3.33. The molecule has 1 aliphatic heterocycles. The number of aliphatic hydroxyl groups is 1. The second-order valence-corrected chi connectivity index (χ2v) is 9.50. The van der Waals surface area contributed by atoms with Crippen LogP contribution in [0.15, 0.2) is 60.7 Å². The largest absolute Gasteiger partial charge is 0.497 e. The Morgan fingerprint density at radius 3 is 2.49 bits per heavy atom. The average molecular weight is 508 g/mol. The van der Waals surface area contributed by atoms with Crippen LogP contribution in [0.1, 0.15) is 54.9 Å². The highest BCUT2D eigenvalue weighted by Crippen LogP contribution is 2.32. The van der Waals surface area contributed by atoms with E-state index in [1.165, 1.54) is 18.9 Å². The SMILES string of the molecule is COc1ccc(F)c(-c2ccc(COc3cccc([C@H](O)CC(=O)O)c3)cc2CN2CCCCCC2)c1. The molecule has 6 nitrogen and oxygen atoms in total. The van der Waals surface area contributed by atoms with Crippen LogP contribution >= 0.6 is 0 Å². The standard InChI is InChI=1S/C30H34FNO5/c1-36-24-10-12-28(31)27(17-24)26-11-9-21(15-23(26)19-32-13-4-2-3-5-14-32)20-37-25-8-6-7-22(16-25)29(33)18-30(34)35/h6-12,15-17,29,33H,2-5,13-14,18-20H2,1H3,(H,34,35)/t29-/m1/s1. The minimum Gasteiger partial charge on any atom is -0.497 e. The highest BCUT2D eigenvalue weighted by Gasteiger charge is 2.17. The molecule has 0 unspecified atom stereocenters. The quantitative estimate of drug-likeness (QED) is 0.352. The van der Waals surface area contributed by atoms with E-state index in [4.69, 9.17) is 14.6 Å². The van der Waals surface area contributed by atoms with Gasteiger partial charge in [0.25, 0.3) is 0 Å². The van der Waals surface area contributed by atoms with Crippen molar-refractivity contribution in [2.24, 2.45) is 0 Å². The van der Waals surface area contributed by atoms with Gasteiger partial charge in [-0.15, -0.1) is 0 Å². The Kier molecular flexibility index (Phi) is 9.14. The molecule has 1 saturated heterocycles. The van der Waals surface area contributed by atoms with Crippen LogP contribution in [-0.2, 0) is 17.9 Å². The fourth-order valence-electron chi connectivity index (χ4n) is 4.76. The predicted molar refractivity (Wildman–Crippen MR) is 140 cm³/mol. The van der Waals surface area contributed by atoms with Gasteiger partial charge >= 0.3 is 5.97 Å². The fourth-order valence-corrected chi connectivity index (χ4v) is 4.76. The van der Waals surface area contributed by atoms with Crippen molar-refractivity contribution in [3.8, 4) is 22.6 Å². The highest BCUT2D eigenvalue weighted by atomic mass is 19.1.